The molecule has 0 saturated heterocycles. The number of H-pyrrole nitrogens is 5. The summed E-state index contributed by atoms with van der Waals surface area (Å²) in [5, 5.41) is 138. The number of nitrogens with zero attached hydrogens (tertiary/aromatic N) is 10. The molecule has 0 amide bonds. The molecule has 732 valence electrons. The monoisotopic (exact) mass is 1990 g/mol. The topological polar surface area (TPSA) is 583 Å². The van der Waals surface area contributed by atoms with Crippen molar-refractivity contribution in [2.45, 2.75) is 67.7 Å². The van der Waals surface area contributed by atoms with E-state index in [-0.39, 0.29) is 97.2 Å². The molecular weight excluding hydrogens is 1900 g/mol. The molecule has 16 rings (SSSR count). The highest BCUT2D eigenvalue weighted by atomic mass is 35.5. The Hall–Kier alpha value is -18.1. The second-order valence-corrected chi connectivity index (χ2v) is 32.5. The summed E-state index contributed by atoms with van der Waals surface area (Å²) in [6.07, 6.45) is 14.8. The van der Waals surface area contributed by atoms with E-state index < -0.39 is 24.6 Å². The number of aromatic nitrogens is 10. The van der Waals surface area contributed by atoms with E-state index in [1.165, 1.54) is 128 Å². The van der Waals surface area contributed by atoms with Crippen LogP contribution in [0.3, 0.4) is 0 Å². The Labute approximate surface area is 827 Å². The number of carbonyl (C=O) groups excluding carboxylic acids is 5. The van der Waals surface area contributed by atoms with Crippen LogP contribution in [0.2, 0.25) is 10.0 Å². The van der Waals surface area contributed by atoms with Crippen LogP contribution in [0, 0.1) is 85.2 Å². The van der Waals surface area contributed by atoms with E-state index >= 15 is 0 Å². The Balaban J connectivity index is 0.000000161. The molecule has 39 nitrogen and oxygen atoms in total. The predicted molar refractivity (Wildman–Crippen MR) is 535 cm³/mol. The minimum atomic E-state index is -0.490. The number of nitro benzene ring substituents is 5. The van der Waals surface area contributed by atoms with Gasteiger partial charge in [-0.25, -0.2) is 0 Å². The fourth-order valence-corrected chi connectivity index (χ4v) is 14.7. The normalized spacial score (nSPS) is 11.3. The van der Waals surface area contributed by atoms with Gasteiger partial charge in [-0.2, -0.15) is 25.5 Å². The first-order valence-corrected chi connectivity index (χ1v) is 43.9. The van der Waals surface area contributed by atoms with Gasteiger partial charge in [-0.1, -0.05) is 41.4 Å². The van der Waals surface area contributed by atoms with E-state index in [0.717, 1.165) is 22.3 Å². The number of halogens is 2. The lowest BCUT2D eigenvalue weighted by Gasteiger charge is -2.12. The van der Waals surface area contributed by atoms with Crippen molar-refractivity contribution in [3.05, 3.63) is 409 Å². The molecule has 1 aliphatic rings. The first-order valence-electron chi connectivity index (χ1n) is 43.1. The average molecular weight is 1990 g/mol. The third kappa shape index (κ3) is 26.9. The van der Waals surface area contributed by atoms with Gasteiger partial charge in [0.1, 0.15) is 11.5 Å². The van der Waals surface area contributed by atoms with Gasteiger partial charge in [0.15, 0.2) is 40.4 Å². The Kier molecular flexibility index (Phi) is 35.3. The quantitative estimate of drug-likeness (QED) is 0.00810. The van der Waals surface area contributed by atoms with Gasteiger partial charge >= 0.3 is 0 Å². The maximum Gasteiger partial charge on any atom is 0.272 e. The molecule has 0 atom stereocenters. The molecule has 0 radical (unpaired) electrons. The summed E-state index contributed by atoms with van der Waals surface area (Å²) >= 11 is 11.9. The number of aryl methyl sites for hydroxylation is 5. The molecule has 0 saturated carbocycles. The molecule has 10 N–H and O–H groups in total. The van der Waals surface area contributed by atoms with Crippen LogP contribution in [0.25, 0.3) is 86.7 Å². The molecule has 144 heavy (non-hydrogen) atoms. The summed E-state index contributed by atoms with van der Waals surface area (Å²) in [5.74, 6) is 1.03. The fraction of sp³-hybridized carbons (Fsp3) is 0.126. The van der Waals surface area contributed by atoms with Crippen molar-refractivity contribution in [3.63, 3.8) is 0 Å². The second kappa shape index (κ2) is 48.5. The van der Waals surface area contributed by atoms with Crippen LogP contribution in [0.1, 0.15) is 136 Å². The number of aliphatic hydroxyl groups excluding tert-OH is 5. The van der Waals surface area contributed by atoms with Crippen molar-refractivity contribution < 1.29 is 93.1 Å². The van der Waals surface area contributed by atoms with Crippen molar-refractivity contribution in [2.24, 2.45) is 0 Å². The van der Waals surface area contributed by atoms with E-state index in [4.69, 9.17) is 42.1 Å². The first kappa shape index (κ1) is 105. The highest BCUT2D eigenvalue weighted by Crippen LogP contribution is 2.38. The third-order valence-corrected chi connectivity index (χ3v) is 22.7. The van der Waals surface area contributed by atoms with Crippen LogP contribution in [0.15, 0.2) is 237 Å². The number of benzene rings is 10. The molecule has 0 spiro atoms. The number of aliphatic hydroxyl groups is 5. The molecule has 0 unspecified atom stereocenters. The minimum Gasteiger partial charge on any atom is -0.497 e. The Morgan fingerprint density at radius 3 is 0.972 bits per heavy atom. The van der Waals surface area contributed by atoms with Crippen molar-refractivity contribution in [1.82, 2.24) is 51.0 Å². The Morgan fingerprint density at radius 1 is 0.333 bits per heavy atom. The first-order chi connectivity index (χ1) is 69.1. The number of nitrogens with one attached hydrogen (secondary N) is 5. The molecule has 6 heterocycles. The predicted octanol–water partition coefficient (Wildman–Crippen LogP) is 19.5. The molecule has 0 bridgehead atoms. The van der Waals surface area contributed by atoms with Crippen molar-refractivity contribution in [1.29, 1.82) is 0 Å². The Bertz CT molecular complexity index is 7570. The molecule has 10 aromatic carbocycles. The van der Waals surface area contributed by atoms with Gasteiger partial charge in [0.2, 0.25) is 6.79 Å². The van der Waals surface area contributed by atoms with Crippen molar-refractivity contribution >= 4 is 111 Å². The second-order valence-electron chi connectivity index (χ2n) is 31.7. The number of carbonyl (C=O) groups is 5. The summed E-state index contributed by atoms with van der Waals surface area (Å²) in [6, 6.07) is 54.8. The molecule has 1 aliphatic heterocycles. The zero-order valence-electron chi connectivity index (χ0n) is 77.4. The lowest BCUT2D eigenvalue weighted by Crippen LogP contribution is -1.99. The largest absolute Gasteiger partial charge is 0.497 e. The van der Waals surface area contributed by atoms with Gasteiger partial charge in [-0.15, -0.1) is 0 Å². The molecule has 5 aromatic heterocycles. The van der Waals surface area contributed by atoms with Crippen molar-refractivity contribution in [2.75, 3.05) is 21.0 Å². The third-order valence-electron chi connectivity index (χ3n) is 22.0. The zero-order chi connectivity index (χ0) is 104. The lowest BCUT2D eigenvalue weighted by molar-refractivity contribution is -0.385. The van der Waals surface area contributed by atoms with Crippen LogP contribution >= 0.6 is 23.2 Å². The number of methoxy groups -OCH3 is 2. The zero-order valence-corrected chi connectivity index (χ0v) is 78.9. The van der Waals surface area contributed by atoms with Gasteiger partial charge in [0.25, 0.3) is 28.4 Å². The summed E-state index contributed by atoms with van der Waals surface area (Å²) in [4.78, 5) is 114. The highest BCUT2D eigenvalue weighted by molar-refractivity contribution is 6.42. The Morgan fingerprint density at radius 2 is 0.653 bits per heavy atom. The van der Waals surface area contributed by atoms with Crippen LogP contribution in [-0.2, 0) is 33.0 Å². The summed E-state index contributed by atoms with van der Waals surface area (Å²) in [6.45, 7) is 7.16. The fourth-order valence-electron chi connectivity index (χ4n) is 14.4. The van der Waals surface area contributed by atoms with Crippen LogP contribution in [0.4, 0.5) is 28.4 Å². The van der Waals surface area contributed by atoms with Gasteiger partial charge in [0, 0.05) is 119 Å². The van der Waals surface area contributed by atoms with Gasteiger partial charge in [-0.05, 0) is 275 Å². The smallest absolute Gasteiger partial charge is 0.272 e. The lowest BCUT2D eigenvalue weighted by atomic mass is 10.0. The average Bonchev–Trinajstić information content (AvgIpc) is 1.41. The van der Waals surface area contributed by atoms with Crippen LogP contribution < -0.4 is 18.9 Å². The van der Waals surface area contributed by atoms with E-state index in [1.54, 1.807) is 163 Å². The van der Waals surface area contributed by atoms with Crippen LogP contribution in [0.5, 0.6) is 23.0 Å². The standard InChI is InChI=1S/C22H21N3O6.2C21H19N3O5.C20H15N3O5.C19H13Cl2N3O3/c1-13-7-14(3-5-20(13)25(29)30)21(28)6-4-17-10-19(24-23-17)15-8-16(11-26)18(12-27)22(9-15)31-2;1-13-7-15(3-5-20(13)24(27)28)21(26)6-4-17-11-19(23-22-17)16-8-14(12-25)9-18(10-16)29-2;1-13-8-15(4-6-20(13)24(28)29)21(27)7-5-18-10-19(23-22-18)14-2-3-16(11-25)17(9-14)12-26;1-12-8-14(2-5-17(12)23(25)26)18(24)6-4-15-10-16(22-21-15)13-3-7-19-20(9-13)28-11-27-19;1-11-8-13(3-6-18(11)24(26)27)19(25)7-4-14-10-17(23-22-14)12-2-5-15(20)16(21)9-12/h3-10,26-27H,11-12H2,1-2H3,(H,23,24);3-11,25H,12H2,1-2H3,(H,22,23);2-10,25-26H,11-12H2,1H3,(H,22,23);2-10H,11H2,1H3,(H,21,22);2-10H,1H3,(H,22,23)/b2*6-4+;7-5+;6-4+;7-4+. The number of rotatable bonds is 32. The number of allylic oxidation sites excluding steroid dienone is 5. The molecule has 0 fully saturated rings. The van der Waals surface area contributed by atoms with Gasteiger partial charge in [-0.3, -0.25) is 100 Å². The summed E-state index contributed by atoms with van der Waals surface area (Å²) in [5.41, 5.74) is 16.9. The molecule has 0 aliphatic carbocycles. The molecule has 15 aromatic rings. The number of hydrogen-bond donors (Lipinski definition) is 10. The van der Waals surface area contributed by atoms with Crippen LogP contribution in [-0.4, -0.2) is 151 Å². The highest BCUT2D eigenvalue weighted by Gasteiger charge is 2.23. The summed E-state index contributed by atoms with van der Waals surface area (Å²) < 4.78 is 21.2. The van der Waals surface area contributed by atoms with Gasteiger partial charge < -0.3 is 44.5 Å². The molecule has 41 heteroatoms. The number of ketones is 5. The number of aromatic amines is 5. The number of hydrogen-bond acceptors (Lipinski definition) is 29. The molecular formula is C103H87Cl2N15O24. The SMILES string of the molecule is COc1cc(-c2cc(/C=C/C(=O)c3ccc([N+](=O)[O-])c(C)c3)[nH]n2)cc(CO)c1CO.COc1cc(CO)cc(-c2cc(/C=C/C(=O)c3ccc([N+](=O)[O-])c(C)c3)[nH]n2)c1.Cc1cc(C(=O)/C=C/c2cc(-c3ccc(CO)c(CO)c3)n[nH]2)ccc1[N+](=O)[O-].Cc1cc(C(=O)/C=C/c2cc(-c3ccc(Cl)c(Cl)c3)n[nH]2)ccc1[N+](=O)[O-].Cc1cc(C(=O)/C=C/c2cc(-c3ccc4c(c3)OCO4)n[nH]2)ccc1[N+](=O)[O-]. The van der Waals surface area contributed by atoms with Gasteiger partial charge in [0.05, 0.1) is 139 Å². The number of ether oxygens (including phenoxy) is 4. The summed E-state index contributed by atoms with van der Waals surface area (Å²) in [7, 11) is 3.02. The maximum absolute atomic E-state index is 12.4. The number of fused-ring (bicyclic) bond motifs is 1. The van der Waals surface area contributed by atoms with E-state index in [2.05, 4.69) is 51.0 Å². The van der Waals surface area contributed by atoms with Crippen molar-refractivity contribution in [3.8, 4) is 79.3 Å². The van der Waals surface area contributed by atoms with E-state index in [0.29, 0.717) is 179 Å². The maximum atomic E-state index is 12.4. The number of nitro groups is 5. The van der Waals surface area contributed by atoms with E-state index in [1.807, 2.05) is 24.3 Å². The van der Waals surface area contributed by atoms with E-state index in [9.17, 15) is 100 Å². The minimum absolute atomic E-state index is 0.0116.